The first-order chi connectivity index (χ1) is 9.92. The van der Waals surface area contributed by atoms with Crippen LogP contribution in [-0.2, 0) is 0 Å². The highest BCUT2D eigenvalue weighted by Crippen LogP contribution is 2.34. The highest BCUT2D eigenvalue weighted by atomic mass is 15.3. The summed E-state index contributed by atoms with van der Waals surface area (Å²) in [6, 6.07) is 6.52. The molecule has 0 radical (unpaired) electrons. The lowest BCUT2D eigenvalue weighted by atomic mass is 10.1. The molecule has 1 atom stereocenters. The molecule has 1 aliphatic heterocycles. The van der Waals surface area contributed by atoms with Crippen molar-refractivity contribution in [2.24, 2.45) is 0 Å². The number of imidazole rings is 1. The molecule has 0 aromatic carbocycles. The molecule has 0 spiro atoms. The van der Waals surface area contributed by atoms with E-state index in [1.54, 1.807) is 12.4 Å². The normalized spacial score (nSPS) is 18.8. The van der Waals surface area contributed by atoms with Gasteiger partial charge in [0, 0.05) is 37.5 Å². The van der Waals surface area contributed by atoms with Crippen LogP contribution in [0.4, 0.5) is 5.95 Å². The van der Waals surface area contributed by atoms with Crippen molar-refractivity contribution in [2.45, 2.75) is 18.9 Å². The summed E-state index contributed by atoms with van der Waals surface area (Å²) in [5.41, 5.74) is 2.27. The first-order valence-corrected chi connectivity index (χ1v) is 6.88. The van der Waals surface area contributed by atoms with Gasteiger partial charge in [-0.15, -0.1) is 0 Å². The second-order valence-corrected chi connectivity index (χ2v) is 5.05. The van der Waals surface area contributed by atoms with Gasteiger partial charge in [-0.25, -0.2) is 15.0 Å². The van der Waals surface area contributed by atoms with Gasteiger partial charge in [0.15, 0.2) is 0 Å². The summed E-state index contributed by atoms with van der Waals surface area (Å²) in [4.78, 5) is 15.4. The Kier molecular flexibility index (Phi) is 2.62. The second kappa shape index (κ2) is 4.59. The maximum absolute atomic E-state index is 4.38. The van der Waals surface area contributed by atoms with Crippen LogP contribution in [0.5, 0.6) is 0 Å². The van der Waals surface area contributed by atoms with Gasteiger partial charge in [-0.2, -0.15) is 0 Å². The van der Waals surface area contributed by atoms with Gasteiger partial charge in [-0.05, 0) is 36.6 Å². The first-order valence-electron chi connectivity index (χ1n) is 6.88. The fourth-order valence-corrected chi connectivity index (χ4v) is 2.93. The van der Waals surface area contributed by atoms with E-state index in [9.17, 15) is 0 Å². The molecule has 0 aliphatic carbocycles. The summed E-state index contributed by atoms with van der Waals surface area (Å²) < 4.78 is 2.03. The Bertz CT molecular complexity index is 721. The Balaban J connectivity index is 1.72. The number of nitrogens with zero attached hydrogens (tertiary/aromatic N) is 5. The maximum atomic E-state index is 4.38. The van der Waals surface area contributed by atoms with Crippen molar-refractivity contribution >= 4 is 11.6 Å². The summed E-state index contributed by atoms with van der Waals surface area (Å²) in [6.07, 6.45) is 11.8. The maximum Gasteiger partial charge on any atom is 0.225 e. The van der Waals surface area contributed by atoms with Crippen LogP contribution in [0.2, 0.25) is 0 Å². The first kappa shape index (κ1) is 11.4. The molecule has 3 aromatic heterocycles. The molecule has 0 amide bonds. The van der Waals surface area contributed by atoms with Crippen LogP contribution in [-0.4, -0.2) is 25.9 Å². The predicted molar refractivity (Wildman–Crippen MR) is 76.5 cm³/mol. The fourth-order valence-electron chi connectivity index (χ4n) is 2.93. The Labute approximate surface area is 116 Å². The molecular weight excluding hydrogens is 250 g/mol. The summed E-state index contributed by atoms with van der Waals surface area (Å²) in [5.74, 6) is 0.818. The second-order valence-electron chi connectivity index (χ2n) is 5.05. The average molecular weight is 265 g/mol. The van der Waals surface area contributed by atoms with Gasteiger partial charge in [0.05, 0.1) is 6.04 Å². The summed E-state index contributed by atoms with van der Waals surface area (Å²) in [7, 11) is 0. The third-order valence-electron chi connectivity index (χ3n) is 3.87. The van der Waals surface area contributed by atoms with Crippen molar-refractivity contribution in [1.82, 2.24) is 19.4 Å². The van der Waals surface area contributed by atoms with Gasteiger partial charge in [-0.1, -0.05) is 0 Å². The van der Waals surface area contributed by atoms with Gasteiger partial charge in [0.1, 0.15) is 5.65 Å². The number of anilines is 1. The number of hydrogen-bond donors (Lipinski definition) is 0. The number of aromatic nitrogens is 4. The lowest BCUT2D eigenvalue weighted by Crippen LogP contribution is -2.24. The third kappa shape index (κ3) is 1.82. The lowest BCUT2D eigenvalue weighted by molar-refractivity contribution is 0.701. The van der Waals surface area contributed by atoms with Crippen LogP contribution >= 0.6 is 0 Å². The Morgan fingerprint density at radius 3 is 2.85 bits per heavy atom. The molecule has 20 heavy (non-hydrogen) atoms. The molecule has 0 saturated carbocycles. The fraction of sp³-hybridized carbons (Fsp3) is 0.267. The van der Waals surface area contributed by atoms with E-state index in [0.29, 0.717) is 6.04 Å². The van der Waals surface area contributed by atoms with E-state index in [1.807, 2.05) is 22.9 Å². The van der Waals surface area contributed by atoms with E-state index in [0.717, 1.165) is 24.6 Å². The zero-order chi connectivity index (χ0) is 13.4. The number of rotatable bonds is 2. The van der Waals surface area contributed by atoms with E-state index in [1.165, 1.54) is 12.0 Å². The molecule has 1 aliphatic rings. The molecule has 0 unspecified atom stereocenters. The molecule has 3 aromatic rings. The monoisotopic (exact) mass is 265 g/mol. The van der Waals surface area contributed by atoms with Crippen molar-refractivity contribution in [3.8, 4) is 0 Å². The van der Waals surface area contributed by atoms with Gasteiger partial charge in [0.25, 0.3) is 0 Å². The molecular formula is C15H15N5. The molecule has 1 fully saturated rings. The summed E-state index contributed by atoms with van der Waals surface area (Å²) in [5, 5.41) is 0. The number of fused-ring (bicyclic) bond motifs is 1. The van der Waals surface area contributed by atoms with Gasteiger partial charge in [0.2, 0.25) is 5.95 Å². The Morgan fingerprint density at radius 1 is 1.05 bits per heavy atom. The minimum atomic E-state index is 0.346. The molecule has 0 bridgehead atoms. The molecule has 5 heteroatoms. The lowest BCUT2D eigenvalue weighted by Gasteiger charge is -2.24. The SMILES string of the molecule is c1cnc(N2CCC[C@H]2c2ccn3ccnc3c2)nc1. The van der Waals surface area contributed by atoms with Gasteiger partial charge < -0.3 is 9.30 Å². The molecule has 0 N–H and O–H groups in total. The smallest absolute Gasteiger partial charge is 0.225 e. The highest BCUT2D eigenvalue weighted by molar-refractivity contribution is 5.46. The minimum Gasteiger partial charge on any atom is -0.334 e. The van der Waals surface area contributed by atoms with Crippen LogP contribution in [0.15, 0.2) is 49.2 Å². The van der Waals surface area contributed by atoms with E-state index >= 15 is 0 Å². The van der Waals surface area contributed by atoms with Crippen molar-refractivity contribution in [1.29, 1.82) is 0 Å². The van der Waals surface area contributed by atoms with E-state index in [4.69, 9.17) is 0 Å². The molecule has 4 heterocycles. The average Bonchev–Trinajstić information content (AvgIpc) is 3.16. The highest BCUT2D eigenvalue weighted by Gasteiger charge is 2.28. The van der Waals surface area contributed by atoms with Gasteiger partial charge >= 0.3 is 0 Å². The van der Waals surface area contributed by atoms with E-state index in [-0.39, 0.29) is 0 Å². The van der Waals surface area contributed by atoms with Crippen LogP contribution < -0.4 is 4.90 Å². The molecule has 100 valence electrons. The van der Waals surface area contributed by atoms with Crippen molar-refractivity contribution in [2.75, 3.05) is 11.4 Å². The van der Waals surface area contributed by atoms with E-state index in [2.05, 4.69) is 38.2 Å². The van der Waals surface area contributed by atoms with Crippen LogP contribution in [0.3, 0.4) is 0 Å². The zero-order valence-corrected chi connectivity index (χ0v) is 11.1. The van der Waals surface area contributed by atoms with Crippen molar-refractivity contribution in [3.63, 3.8) is 0 Å². The molecule has 1 saturated heterocycles. The van der Waals surface area contributed by atoms with Crippen LogP contribution in [0, 0.1) is 0 Å². The van der Waals surface area contributed by atoms with Crippen LogP contribution in [0.25, 0.3) is 5.65 Å². The molecule has 4 rings (SSSR count). The minimum absolute atomic E-state index is 0.346. The topological polar surface area (TPSA) is 46.3 Å². The summed E-state index contributed by atoms with van der Waals surface area (Å²) in [6.45, 7) is 1.01. The Morgan fingerprint density at radius 2 is 1.95 bits per heavy atom. The van der Waals surface area contributed by atoms with Crippen molar-refractivity contribution < 1.29 is 0 Å². The largest absolute Gasteiger partial charge is 0.334 e. The zero-order valence-electron chi connectivity index (χ0n) is 11.1. The Hall–Kier alpha value is -2.43. The quantitative estimate of drug-likeness (QED) is 0.714. The van der Waals surface area contributed by atoms with Crippen LogP contribution in [0.1, 0.15) is 24.4 Å². The third-order valence-corrected chi connectivity index (χ3v) is 3.87. The summed E-state index contributed by atoms with van der Waals surface area (Å²) >= 11 is 0. The molecule has 5 nitrogen and oxygen atoms in total. The van der Waals surface area contributed by atoms with Crippen molar-refractivity contribution in [3.05, 3.63) is 54.7 Å². The number of hydrogen-bond acceptors (Lipinski definition) is 4. The standard InChI is InChI=1S/C15H15N5/c1-3-13(20(8-1)15-17-5-2-6-18-15)12-4-9-19-10-7-16-14(19)11-12/h2,4-7,9-11,13H,1,3,8H2/t13-/m0/s1. The number of pyridine rings is 1. The van der Waals surface area contributed by atoms with Gasteiger partial charge in [-0.3, -0.25) is 0 Å². The predicted octanol–water partition coefficient (Wildman–Crippen LogP) is 2.47. The van der Waals surface area contributed by atoms with E-state index < -0.39 is 0 Å².